The van der Waals surface area contributed by atoms with Crippen molar-refractivity contribution in [3.8, 4) is 0 Å². The van der Waals surface area contributed by atoms with Gasteiger partial charge in [-0.3, -0.25) is 9.59 Å². The topological polar surface area (TPSA) is 81.6 Å². The van der Waals surface area contributed by atoms with Crippen LogP contribution in [0.5, 0.6) is 0 Å². The molecule has 1 aliphatic heterocycles. The third-order valence-corrected chi connectivity index (χ3v) is 1.46. The second kappa shape index (κ2) is 5.16. The summed E-state index contributed by atoms with van der Waals surface area (Å²) in [6.45, 7) is 3.38. The Labute approximate surface area is 97.2 Å². The Kier molecular flexibility index (Phi) is 4.90. The Morgan fingerprint density at radius 3 is 2.69 bits per heavy atom. The number of hydrogen-bond donors (Lipinski definition) is 1. The van der Waals surface area contributed by atoms with Gasteiger partial charge in [-0.25, -0.2) is 4.99 Å². The molecule has 1 unspecified atom stereocenters. The van der Waals surface area contributed by atoms with Gasteiger partial charge in [0.05, 0.1) is 6.02 Å². The van der Waals surface area contributed by atoms with Crippen LogP contribution in [0, 0.1) is 5.92 Å². The van der Waals surface area contributed by atoms with Gasteiger partial charge < -0.3 is 10.4 Å². The molecule has 1 N–H and O–H groups in total. The van der Waals surface area contributed by atoms with Crippen LogP contribution in [-0.4, -0.2) is 17.8 Å². The summed E-state index contributed by atoms with van der Waals surface area (Å²) in [6.07, 6.45) is 1.65. The van der Waals surface area contributed by atoms with Gasteiger partial charge >= 0.3 is 29.6 Å². The quantitative estimate of drug-likeness (QED) is 0.271. The zero-order valence-corrected chi connectivity index (χ0v) is 9.24. The first-order valence-electron chi connectivity index (χ1n) is 3.36. The first-order valence-corrected chi connectivity index (χ1v) is 3.36. The molecule has 0 radical (unpaired) electrons. The van der Waals surface area contributed by atoms with Crippen molar-refractivity contribution >= 4 is 17.8 Å². The van der Waals surface area contributed by atoms with Gasteiger partial charge in [-0.1, -0.05) is 6.08 Å². The van der Waals surface area contributed by atoms with Crippen LogP contribution in [0.1, 0.15) is 6.42 Å². The summed E-state index contributed by atoms with van der Waals surface area (Å²) in [4.78, 5) is 24.9. The number of hydrogen-bond acceptors (Lipinski definition) is 3. The van der Waals surface area contributed by atoms with E-state index in [1.165, 1.54) is 6.08 Å². The van der Waals surface area contributed by atoms with E-state index in [-0.39, 0.29) is 36.0 Å². The Morgan fingerprint density at radius 1 is 1.62 bits per heavy atom. The SMILES string of the molecule is C=CCC1C(=O)N=C([O-])NC1=O.[Na+]. The van der Waals surface area contributed by atoms with Crippen molar-refractivity contribution in [2.75, 3.05) is 0 Å². The van der Waals surface area contributed by atoms with E-state index in [0.717, 1.165) is 0 Å². The standard InChI is InChI=1S/C7H8N2O3.Na/c1-2-3-4-5(10)8-7(12)9-6(4)11;/h2,4H,1,3H2,(H2,8,9,10,11,12);/q;+1/p-1. The van der Waals surface area contributed by atoms with Crippen molar-refractivity contribution in [1.82, 2.24) is 5.32 Å². The second-order valence-corrected chi connectivity index (χ2v) is 2.32. The fraction of sp³-hybridized carbons (Fsp3) is 0.286. The van der Waals surface area contributed by atoms with Crippen LogP contribution in [0.25, 0.3) is 0 Å². The first kappa shape index (κ1) is 12.3. The molecule has 0 aromatic carbocycles. The van der Waals surface area contributed by atoms with Gasteiger partial charge in [-0.2, -0.15) is 0 Å². The zero-order valence-electron chi connectivity index (χ0n) is 7.24. The molecule has 1 rings (SSSR count). The summed E-state index contributed by atoms with van der Waals surface area (Å²) in [6, 6.07) is -0.884. The fourth-order valence-electron chi connectivity index (χ4n) is 0.885. The van der Waals surface area contributed by atoms with Crippen LogP contribution >= 0.6 is 0 Å². The predicted molar refractivity (Wildman–Crippen MR) is 38.9 cm³/mol. The molecule has 1 atom stereocenters. The van der Waals surface area contributed by atoms with Gasteiger partial charge in [0.25, 0.3) is 5.91 Å². The van der Waals surface area contributed by atoms with Gasteiger partial charge in [0, 0.05) is 0 Å². The molecule has 0 aliphatic carbocycles. The minimum absolute atomic E-state index is 0. The van der Waals surface area contributed by atoms with E-state index in [4.69, 9.17) is 0 Å². The van der Waals surface area contributed by atoms with Crippen LogP contribution in [0.3, 0.4) is 0 Å². The average molecular weight is 190 g/mol. The van der Waals surface area contributed by atoms with Crippen LogP contribution in [-0.2, 0) is 9.59 Å². The molecule has 0 aromatic heterocycles. The molecular weight excluding hydrogens is 183 g/mol. The third kappa shape index (κ3) is 2.95. The molecule has 0 aromatic rings. The number of rotatable bonds is 2. The number of amides is 2. The van der Waals surface area contributed by atoms with Crippen LogP contribution in [0.15, 0.2) is 17.6 Å². The van der Waals surface area contributed by atoms with E-state index in [1.54, 1.807) is 0 Å². The Bertz CT molecular complexity index is 275. The molecule has 0 saturated carbocycles. The average Bonchev–Trinajstić information content (AvgIpc) is 1.96. The molecule has 1 heterocycles. The van der Waals surface area contributed by atoms with Gasteiger partial charge in [-0.15, -0.1) is 6.58 Å². The molecule has 1 aliphatic rings. The molecule has 0 saturated heterocycles. The maximum absolute atomic E-state index is 10.9. The van der Waals surface area contributed by atoms with Gasteiger partial charge in [0.15, 0.2) is 0 Å². The van der Waals surface area contributed by atoms with E-state index in [2.05, 4.69) is 11.6 Å². The molecule has 5 nitrogen and oxygen atoms in total. The number of amidine groups is 1. The molecule has 0 spiro atoms. The summed E-state index contributed by atoms with van der Waals surface area (Å²) in [7, 11) is 0. The number of carbonyl (C=O) groups is 2. The number of allylic oxidation sites excluding steroid dienone is 1. The minimum atomic E-state index is -0.884. The second-order valence-electron chi connectivity index (χ2n) is 2.32. The number of carbonyl (C=O) groups excluding carboxylic acids is 2. The van der Waals surface area contributed by atoms with Gasteiger partial charge in [0.1, 0.15) is 5.92 Å². The first-order chi connectivity index (χ1) is 5.65. The zero-order chi connectivity index (χ0) is 9.14. The molecule has 6 heteroatoms. The summed E-state index contributed by atoms with van der Waals surface area (Å²) < 4.78 is 0. The fourth-order valence-corrected chi connectivity index (χ4v) is 0.885. The van der Waals surface area contributed by atoms with E-state index in [9.17, 15) is 14.7 Å². The van der Waals surface area contributed by atoms with Crippen LogP contribution in [0.2, 0.25) is 0 Å². The van der Waals surface area contributed by atoms with E-state index in [1.807, 2.05) is 5.32 Å². The third-order valence-electron chi connectivity index (χ3n) is 1.46. The van der Waals surface area contributed by atoms with Crippen molar-refractivity contribution < 1.29 is 44.3 Å². The van der Waals surface area contributed by atoms with Crippen molar-refractivity contribution in [2.45, 2.75) is 6.42 Å². The molecule has 0 bridgehead atoms. The van der Waals surface area contributed by atoms with Gasteiger partial charge in [-0.05, 0) is 6.42 Å². The van der Waals surface area contributed by atoms with Gasteiger partial charge in [0.2, 0.25) is 5.91 Å². The van der Waals surface area contributed by atoms with E-state index >= 15 is 0 Å². The molecule has 13 heavy (non-hydrogen) atoms. The normalized spacial score (nSPS) is 21.2. The molecular formula is C7H7N2NaO3. The van der Waals surface area contributed by atoms with Crippen molar-refractivity contribution in [3.63, 3.8) is 0 Å². The maximum atomic E-state index is 10.9. The van der Waals surface area contributed by atoms with Crippen LogP contribution < -0.4 is 40.0 Å². The maximum Gasteiger partial charge on any atom is 1.00 e. The summed E-state index contributed by atoms with van der Waals surface area (Å²) >= 11 is 0. The van der Waals surface area contributed by atoms with E-state index < -0.39 is 23.8 Å². The van der Waals surface area contributed by atoms with Crippen molar-refractivity contribution in [3.05, 3.63) is 12.7 Å². The Morgan fingerprint density at radius 2 is 2.23 bits per heavy atom. The largest absolute Gasteiger partial charge is 1.00 e. The monoisotopic (exact) mass is 190 g/mol. The molecule has 64 valence electrons. The Balaban J connectivity index is 0.00000144. The van der Waals surface area contributed by atoms with Crippen LogP contribution in [0.4, 0.5) is 0 Å². The van der Waals surface area contributed by atoms with Crippen molar-refractivity contribution in [2.24, 2.45) is 10.9 Å². The summed E-state index contributed by atoms with van der Waals surface area (Å²) in [5.41, 5.74) is 0. The number of nitrogens with zero attached hydrogens (tertiary/aromatic N) is 1. The minimum Gasteiger partial charge on any atom is -0.846 e. The number of nitrogens with one attached hydrogen (secondary N) is 1. The molecule has 2 amide bonds. The van der Waals surface area contributed by atoms with Crippen molar-refractivity contribution in [1.29, 1.82) is 0 Å². The predicted octanol–water partition coefficient (Wildman–Crippen LogP) is -4.44. The molecule has 0 fully saturated rings. The smallest absolute Gasteiger partial charge is 0.846 e. The summed E-state index contributed by atoms with van der Waals surface area (Å²) in [5.74, 6) is -2.16. The summed E-state index contributed by atoms with van der Waals surface area (Å²) in [5, 5.41) is 12.4. The Hall–Kier alpha value is -0.650. The number of aliphatic imine (C=N–C) groups is 1. The van der Waals surface area contributed by atoms with E-state index in [0.29, 0.717) is 0 Å².